The van der Waals surface area contributed by atoms with Crippen LogP contribution in [0.15, 0.2) is 0 Å². The zero-order valence-corrected chi connectivity index (χ0v) is 7.47. The molecule has 1 amide bonds. The topological polar surface area (TPSA) is 90.6 Å². The number of carboxylic acid groups (broad SMARTS) is 1. The zero-order valence-electron chi connectivity index (χ0n) is 7.47. The van der Waals surface area contributed by atoms with Gasteiger partial charge < -0.3 is 14.7 Å². The number of carboxylic acids is 1. The van der Waals surface area contributed by atoms with Crippen molar-refractivity contribution >= 4 is 11.9 Å². The molecule has 0 bridgehead atoms. The average molecular weight is 198 g/mol. The number of ether oxygens (including phenoxy) is 1. The third-order valence-corrected chi connectivity index (χ3v) is 1.87. The van der Waals surface area contributed by atoms with Gasteiger partial charge in [0.05, 0.1) is 19.2 Å². The highest BCUT2D eigenvalue weighted by atomic mass is 16.5. The van der Waals surface area contributed by atoms with Gasteiger partial charge in [0.1, 0.15) is 6.42 Å². The summed E-state index contributed by atoms with van der Waals surface area (Å²) in [5, 5.41) is 16.9. The second-order valence-corrected chi connectivity index (χ2v) is 2.90. The molecule has 0 aromatic rings. The molecule has 1 aliphatic heterocycles. The number of nitriles is 1. The molecule has 1 unspecified atom stereocenters. The number of hydrogen-bond acceptors (Lipinski definition) is 4. The van der Waals surface area contributed by atoms with Gasteiger partial charge in [0.15, 0.2) is 6.10 Å². The van der Waals surface area contributed by atoms with Gasteiger partial charge in [-0.3, -0.25) is 9.59 Å². The maximum atomic E-state index is 11.3. The standard InChI is InChI=1S/C8H10N2O4/c9-4-6-5-10(1-2-14-6)7(11)3-8(12)13/h6H,1-3,5H2,(H,12,13). The Morgan fingerprint density at radius 3 is 2.93 bits per heavy atom. The number of hydrogen-bond donors (Lipinski definition) is 1. The summed E-state index contributed by atoms with van der Waals surface area (Å²) in [5.74, 6) is -1.63. The molecule has 14 heavy (non-hydrogen) atoms. The zero-order chi connectivity index (χ0) is 10.6. The normalized spacial score (nSPS) is 21.4. The first kappa shape index (κ1) is 10.5. The first-order valence-corrected chi connectivity index (χ1v) is 4.14. The molecular formula is C8H10N2O4. The van der Waals surface area contributed by atoms with E-state index in [2.05, 4.69) is 0 Å². The van der Waals surface area contributed by atoms with Crippen molar-refractivity contribution in [3.63, 3.8) is 0 Å². The van der Waals surface area contributed by atoms with E-state index in [1.165, 1.54) is 4.90 Å². The molecule has 1 fully saturated rings. The number of carbonyl (C=O) groups is 2. The van der Waals surface area contributed by atoms with E-state index in [9.17, 15) is 9.59 Å². The van der Waals surface area contributed by atoms with Crippen LogP contribution in [0, 0.1) is 11.3 Å². The third kappa shape index (κ3) is 2.71. The summed E-state index contributed by atoms with van der Waals surface area (Å²) >= 11 is 0. The van der Waals surface area contributed by atoms with Gasteiger partial charge in [-0.1, -0.05) is 0 Å². The summed E-state index contributed by atoms with van der Waals surface area (Å²) in [6.07, 6.45) is -1.17. The Kier molecular flexibility index (Phi) is 3.42. The van der Waals surface area contributed by atoms with Gasteiger partial charge in [-0.15, -0.1) is 0 Å². The fraction of sp³-hybridized carbons (Fsp3) is 0.625. The Labute approximate surface area is 80.7 Å². The molecule has 6 heteroatoms. The van der Waals surface area contributed by atoms with Crippen LogP contribution >= 0.6 is 0 Å². The number of carbonyl (C=O) groups excluding carboxylic acids is 1. The minimum atomic E-state index is -1.16. The van der Waals surface area contributed by atoms with Crippen molar-refractivity contribution in [3.8, 4) is 6.07 Å². The number of morpholine rings is 1. The van der Waals surface area contributed by atoms with E-state index >= 15 is 0 Å². The van der Waals surface area contributed by atoms with Crippen LogP contribution in [0.4, 0.5) is 0 Å². The number of aliphatic carboxylic acids is 1. The summed E-state index contributed by atoms with van der Waals surface area (Å²) in [6.45, 7) is 0.788. The summed E-state index contributed by atoms with van der Waals surface area (Å²) in [7, 11) is 0. The summed E-state index contributed by atoms with van der Waals surface area (Å²) < 4.78 is 5.01. The molecule has 0 spiro atoms. The van der Waals surface area contributed by atoms with Crippen molar-refractivity contribution in [1.82, 2.24) is 4.90 Å². The fourth-order valence-electron chi connectivity index (χ4n) is 1.20. The summed E-state index contributed by atoms with van der Waals surface area (Å²) in [6, 6.07) is 1.88. The van der Waals surface area contributed by atoms with E-state index in [4.69, 9.17) is 15.1 Å². The third-order valence-electron chi connectivity index (χ3n) is 1.87. The maximum absolute atomic E-state index is 11.3. The highest BCUT2D eigenvalue weighted by Crippen LogP contribution is 2.05. The number of nitrogens with zero attached hydrogens (tertiary/aromatic N) is 2. The van der Waals surface area contributed by atoms with Gasteiger partial charge in [-0.2, -0.15) is 5.26 Å². The smallest absolute Gasteiger partial charge is 0.312 e. The Morgan fingerprint density at radius 1 is 1.64 bits per heavy atom. The van der Waals surface area contributed by atoms with Crippen molar-refractivity contribution in [2.75, 3.05) is 19.7 Å². The molecule has 0 radical (unpaired) electrons. The molecule has 0 aromatic heterocycles. The Hall–Kier alpha value is -1.61. The second-order valence-electron chi connectivity index (χ2n) is 2.90. The molecule has 6 nitrogen and oxygen atoms in total. The highest BCUT2D eigenvalue weighted by molar-refractivity contribution is 5.93. The molecule has 76 valence electrons. The van der Waals surface area contributed by atoms with E-state index in [0.29, 0.717) is 6.54 Å². The van der Waals surface area contributed by atoms with Crippen LogP contribution in [-0.4, -0.2) is 47.7 Å². The summed E-state index contributed by atoms with van der Waals surface area (Å²) in [5.41, 5.74) is 0. The molecule has 0 saturated carbocycles. The molecule has 1 aliphatic rings. The quantitative estimate of drug-likeness (QED) is 0.587. The molecule has 1 atom stereocenters. The predicted octanol–water partition coefficient (Wildman–Crippen LogP) is -0.788. The van der Waals surface area contributed by atoms with Crippen LogP contribution in [0.2, 0.25) is 0 Å². The lowest BCUT2D eigenvalue weighted by Crippen LogP contribution is -2.45. The Bertz CT molecular complexity index is 284. The van der Waals surface area contributed by atoms with Crippen LogP contribution in [0.1, 0.15) is 6.42 Å². The van der Waals surface area contributed by atoms with Crippen LogP contribution in [-0.2, 0) is 14.3 Å². The van der Waals surface area contributed by atoms with Gasteiger partial charge >= 0.3 is 5.97 Å². The van der Waals surface area contributed by atoms with Gasteiger partial charge in [0.25, 0.3) is 0 Å². The van der Waals surface area contributed by atoms with Crippen molar-refractivity contribution < 1.29 is 19.4 Å². The van der Waals surface area contributed by atoms with Crippen molar-refractivity contribution in [2.45, 2.75) is 12.5 Å². The molecule has 1 rings (SSSR count). The van der Waals surface area contributed by atoms with Gasteiger partial charge in [-0.05, 0) is 0 Å². The first-order valence-electron chi connectivity index (χ1n) is 4.14. The van der Waals surface area contributed by atoms with Crippen LogP contribution in [0.5, 0.6) is 0 Å². The molecule has 0 aromatic carbocycles. The van der Waals surface area contributed by atoms with E-state index < -0.39 is 24.4 Å². The highest BCUT2D eigenvalue weighted by Gasteiger charge is 2.24. The van der Waals surface area contributed by atoms with E-state index in [-0.39, 0.29) is 13.2 Å². The molecule has 1 N–H and O–H groups in total. The van der Waals surface area contributed by atoms with E-state index in [0.717, 1.165) is 0 Å². The first-order chi connectivity index (χ1) is 6.63. The van der Waals surface area contributed by atoms with Crippen molar-refractivity contribution in [1.29, 1.82) is 5.26 Å². The minimum absolute atomic E-state index is 0.155. The van der Waals surface area contributed by atoms with E-state index in [1.54, 1.807) is 0 Å². The average Bonchev–Trinajstić information content (AvgIpc) is 2.17. The predicted molar refractivity (Wildman–Crippen MR) is 44.2 cm³/mol. The molecule has 0 aliphatic carbocycles. The maximum Gasteiger partial charge on any atom is 0.312 e. The summed E-state index contributed by atoms with van der Waals surface area (Å²) in [4.78, 5) is 22.8. The van der Waals surface area contributed by atoms with Gasteiger partial charge in [0.2, 0.25) is 5.91 Å². The van der Waals surface area contributed by atoms with Crippen LogP contribution < -0.4 is 0 Å². The SMILES string of the molecule is N#CC1CN(C(=O)CC(=O)O)CCO1. The van der Waals surface area contributed by atoms with Gasteiger partial charge in [-0.25, -0.2) is 0 Å². The Morgan fingerprint density at radius 2 is 2.36 bits per heavy atom. The number of amides is 1. The number of rotatable bonds is 2. The fourth-order valence-corrected chi connectivity index (χ4v) is 1.20. The monoisotopic (exact) mass is 198 g/mol. The Balaban J connectivity index is 2.48. The largest absolute Gasteiger partial charge is 0.481 e. The van der Waals surface area contributed by atoms with Crippen molar-refractivity contribution in [2.24, 2.45) is 0 Å². The van der Waals surface area contributed by atoms with Crippen LogP contribution in [0.25, 0.3) is 0 Å². The second kappa shape index (κ2) is 4.58. The van der Waals surface area contributed by atoms with Gasteiger partial charge in [0, 0.05) is 6.54 Å². The lowest BCUT2D eigenvalue weighted by atomic mass is 10.2. The van der Waals surface area contributed by atoms with E-state index in [1.807, 2.05) is 6.07 Å². The molecular weight excluding hydrogens is 188 g/mol. The lowest BCUT2D eigenvalue weighted by Gasteiger charge is -2.29. The molecule has 1 saturated heterocycles. The minimum Gasteiger partial charge on any atom is -0.481 e. The molecule has 1 heterocycles. The lowest BCUT2D eigenvalue weighted by molar-refractivity contribution is -0.147. The van der Waals surface area contributed by atoms with Crippen molar-refractivity contribution in [3.05, 3.63) is 0 Å². The van der Waals surface area contributed by atoms with Crippen LogP contribution in [0.3, 0.4) is 0 Å².